The van der Waals surface area contributed by atoms with E-state index in [-0.39, 0.29) is 5.38 Å². The normalized spacial score (nSPS) is 26.1. The van der Waals surface area contributed by atoms with E-state index in [9.17, 15) is 0 Å². The van der Waals surface area contributed by atoms with Crippen LogP contribution in [0.5, 0.6) is 0 Å². The van der Waals surface area contributed by atoms with E-state index in [4.69, 9.17) is 11.6 Å². The van der Waals surface area contributed by atoms with Gasteiger partial charge < -0.3 is 0 Å². The second-order valence-corrected chi connectivity index (χ2v) is 4.39. The first kappa shape index (κ1) is 9.08. The van der Waals surface area contributed by atoms with Gasteiger partial charge in [-0.2, -0.15) is 0 Å². The van der Waals surface area contributed by atoms with E-state index in [1.165, 1.54) is 16.7 Å². The molecule has 13 heavy (non-hydrogen) atoms. The molecule has 0 radical (unpaired) electrons. The van der Waals surface area contributed by atoms with Crippen LogP contribution in [-0.4, -0.2) is 0 Å². The highest BCUT2D eigenvalue weighted by Gasteiger charge is 2.28. The quantitative estimate of drug-likeness (QED) is 0.598. The lowest BCUT2D eigenvalue weighted by molar-refractivity contribution is 0.607. The number of hydrogen-bond acceptors (Lipinski definition) is 0. The summed E-state index contributed by atoms with van der Waals surface area (Å²) in [6, 6.07) is 6.53. The molecule has 1 aliphatic rings. The van der Waals surface area contributed by atoms with Crippen molar-refractivity contribution >= 4 is 11.6 Å². The lowest BCUT2D eigenvalue weighted by Gasteiger charge is -2.07. The van der Waals surface area contributed by atoms with Gasteiger partial charge in [-0.1, -0.05) is 32.0 Å². The topological polar surface area (TPSA) is 0 Å². The van der Waals surface area contributed by atoms with Crippen molar-refractivity contribution in [3.8, 4) is 0 Å². The predicted octanol–water partition coefficient (Wildman–Crippen LogP) is 3.72. The van der Waals surface area contributed by atoms with E-state index in [1.54, 1.807) is 0 Å². The van der Waals surface area contributed by atoms with Gasteiger partial charge in [0.05, 0.1) is 5.38 Å². The van der Waals surface area contributed by atoms with Crippen LogP contribution >= 0.6 is 11.6 Å². The largest absolute Gasteiger partial charge is 0.118 e. The molecule has 1 aromatic carbocycles. The van der Waals surface area contributed by atoms with Crippen LogP contribution in [0.1, 0.15) is 35.9 Å². The number of rotatable bonds is 1. The molecule has 0 saturated carbocycles. The summed E-state index contributed by atoms with van der Waals surface area (Å²) in [5, 5.41) is 0.237. The first-order valence-corrected chi connectivity index (χ1v) is 5.42. The molecule has 2 atom stereocenters. The molecule has 0 N–H and O–H groups in total. The summed E-state index contributed by atoms with van der Waals surface area (Å²) in [5.74, 6) is 0.601. The van der Waals surface area contributed by atoms with Crippen LogP contribution in [0.3, 0.4) is 0 Å². The molecule has 1 aliphatic carbocycles. The van der Waals surface area contributed by atoms with Crippen LogP contribution in [0, 0.1) is 5.92 Å². The first-order valence-electron chi connectivity index (χ1n) is 4.98. The van der Waals surface area contributed by atoms with Gasteiger partial charge in [0.1, 0.15) is 0 Å². The van der Waals surface area contributed by atoms with E-state index >= 15 is 0 Å². The third-order valence-corrected chi connectivity index (χ3v) is 3.68. The summed E-state index contributed by atoms with van der Waals surface area (Å²) in [4.78, 5) is 0. The average molecular weight is 195 g/mol. The molecule has 0 heterocycles. The maximum Gasteiger partial charge on any atom is 0.0616 e. The Morgan fingerprint density at radius 1 is 1.46 bits per heavy atom. The van der Waals surface area contributed by atoms with Gasteiger partial charge in [0.15, 0.2) is 0 Å². The molecule has 2 unspecified atom stereocenters. The van der Waals surface area contributed by atoms with Crippen molar-refractivity contribution < 1.29 is 0 Å². The molecule has 0 bridgehead atoms. The molecule has 0 nitrogen and oxygen atoms in total. The molecule has 0 fully saturated rings. The third kappa shape index (κ3) is 1.38. The molecule has 1 aromatic rings. The zero-order chi connectivity index (χ0) is 9.42. The third-order valence-electron chi connectivity index (χ3n) is 3.01. The summed E-state index contributed by atoms with van der Waals surface area (Å²) >= 11 is 6.32. The highest BCUT2D eigenvalue weighted by Crippen LogP contribution is 2.41. The van der Waals surface area contributed by atoms with Crippen LogP contribution in [0.2, 0.25) is 0 Å². The van der Waals surface area contributed by atoms with Gasteiger partial charge in [-0.15, -0.1) is 11.6 Å². The van der Waals surface area contributed by atoms with Crippen LogP contribution < -0.4 is 0 Å². The van der Waals surface area contributed by atoms with E-state index < -0.39 is 0 Å². The Bertz CT molecular complexity index is 317. The van der Waals surface area contributed by atoms with E-state index in [1.807, 2.05) is 0 Å². The zero-order valence-electron chi connectivity index (χ0n) is 8.18. The fraction of sp³-hybridized carbons (Fsp3) is 0.500. The Balaban J connectivity index is 2.49. The first-order chi connectivity index (χ1) is 6.24. The number of hydrogen-bond donors (Lipinski definition) is 0. The highest BCUT2D eigenvalue weighted by molar-refractivity contribution is 6.21. The maximum absolute atomic E-state index is 6.32. The lowest BCUT2D eigenvalue weighted by atomic mass is 10.0. The van der Waals surface area contributed by atoms with Gasteiger partial charge in [-0.25, -0.2) is 0 Å². The van der Waals surface area contributed by atoms with Crippen molar-refractivity contribution in [1.82, 2.24) is 0 Å². The molecular weight excluding hydrogens is 180 g/mol. The van der Waals surface area contributed by atoms with E-state index in [0.29, 0.717) is 5.92 Å². The van der Waals surface area contributed by atoms with Crippen LogP contribution in [0.25, 0.3) is 0 Å². The van der Waals surface area contributed by atoms with Crippen molar-refractivity contribution in [2.24, 2.45) is 5.92 Å². The van der Waals surface area contributed by atoms with Crippen molar-refractivity contribution in [2.45, 2.75) is 32.1 Å². The van der Waals surface area contributed by atoms with Gasteiger partial charge in [0, 0.05) is 0 Å². The molecule has 2 rings (SSSR count). The molecule has 0 saturated heterocycles. The van der Waals surface area contributed by atoms with Gasteiger partial charge in [0.2, 0.25) is 0 Å². The van der Waals surface area contributed by atoms with Gasteiger partial charge in [-0.3, -0.25) is 0 Å². The Morgan fingerprint density at radius 3 is 2.92 bits per heavy atom. The van der Waals surface area contributed by atoms with Gasteiger partial charge >= 0.3 is 0 Å². The van der Waals surface area contributed by atoms with Crippen molar-refractivity contribution in [1.29, 1.82) is 0 Å². The molecule has 0 spiro atoms. The number of aryl methyl sites for hydroxylation is 1. The fourth-order valence-corrected chi connectivity index (χ4v) is 2.52. The molecule has 0 amide bonds. The molecule has 0 aliphatic heterocycles. The molecular formula is C12H15Cl. The predicted molar refractivity (Wildman–Crippen MR) is 57.3 cm³/mol. The summed E-state index contributed by atoms with van der Waals surface area (Å²) in [6.45, 7) is 4.44. The highest BCUT2D eigenvalue weighted by atomic mass is 35.5. The lowest BCUT2D eigenvalue weighted by Crippen LogP contribution is -1.94. The van der Waals surface area contributed by atoms with Gasteiger partial charge in [-0.05, 0) is 35.4 Å². The van der Waals surface area contributed by atoms with E-state index in [2.05, 4.69) is 32.0 Å². The summed E-state index contributed by atoms with van der Waals surface area (Å²) in [5.41, 5.74) is 4.36. The van der Waals surface area contributed by atoms with Crippen molar-refractivity contribution in [3.63, 3.8) is 0 Å². The maximum atomic E-state index is 6.32. The number of alkyl halides is 1. The number of fused-ring (bicyclic) bond motifs is 1. The standard InChI is InChI=1S/C12H15Cl/c1-3-9-5-4-6-10-11(9)7-8(2)12(10)13/h4-6,8,12H,3,7H2,1-2H3. The second kappa shape index (κ2) is 3.34. The Hall–Kier alpha value is -0.490. The summed E-state index contributed by atoms with van der Waals surface area (Å²) in [6.07, 6.45) is 2.28. The van der Waals surface area contributed by atoms with E-state index in [0.717, 1.165) is 12.8 Å². The Morgan fingerprint density at radius 2 is 2.23 bits per heavy atom. The number of halogens is 1. The molecule has 0 aromatic heterocycles. The van der Waals surface area contributed by atoms with Crippen LogP contribution in [0.4, 0.5) is 0 Å². The monoisotopic (exact) mass is 194 g/mol. The second-order valence-electron chi connectivity index (χ2n) is 3.92. The zero-order valence-corrected chi connectivity index (χ0v) is 8.93. The number of benzene rings is 1. The van der Waals surface area contributed by atoms with Crippen molar-refractivity contribution in [3.05, 3.63) is 34.9 Å². The molecule has 1 heteroatoms. The minimum atomic E-state index is 0.237. The van der Waals surface area contributed by atoms with Crippen LogP contribution in [-0.2, 0) is 12.8 Å². The minimum absolute atomic E-state index is 0.237. The summed E-state index contributed by atoms with van der Waals surface area (Å²) < 4.78 is 0. The van der Waals surface area contributed by atoms with Crippen molar-refractivity contribution in [2.75, 3.05) is 0 Å². The van der Waals surface area contributed by atoms with Gasteiger partial charge in [0.25, 0.3) is 0 Å². The minimum Gasteiger partial charge on any atom is -0.118 e. The fourth-order valence-electron chi connectivity index (χ4n) is 2.23. The average Bonchev–Trinajstić information content (AvgIpc) is 2.43. The Labute approximate surface area is 84.9 Å². The summed E-state index contributed by atoms with van der Waals surface area (Å²) in [7, 11) is 0. The molecule has 70 valence electrons. The van der Waals surface area contributed by atoms with Crippen LogP contribution in [0.15, 0.2) is 18.2 Å². The SMILES string of the molecule is CCc1cccc2c1CC(C)C2Cl. The Kier molecular flexibility index (Phi) is 2.33. The smallest absolute Gasteiger partial charge is 0.0616 e.